The zero-order valence-electron chi connectivity index (χ0n) is 11.8. The van der Waals surface area contributed by atoms with Gasteiger partial charge in [0, 0.05) is 6.54 Å². The van der Waals surface area contributed by atoms with E-state index in [0.29, 0.717) is 17.8 Å². The van der Waals surface area contributed by atoms with Crippen LogP contribution in [0.4, 0.5) is 0 Å². The average Bonchev–Trinajstić information content (AvgIpc) is 3.05. The summed E-state index contributed by atoms with van der Waals surface area (Å²) in [6, 6.07) is 3.05. The number of ether oxygens (including phenoxy) is 1. The predicted octanol–water partition coefficient (Wildman–Crippen LogP) is 1.03. The molecule has 1 aromatic heterocycles. The summed E-state index contributed by atoms with van der Waals surface area (Å²) >= 11 is 1.36. The molecule has 0 aliphatic carbocycles. The first-order chi connectivity index (χ1) is 10.1. The quantitative estimate of drug-likeness (QED) is 0.843. The number of rotatable bonds is 4. The maximum Gasteiger partial charge on any atom is 0.325 e. The summed E-state index contributed by atoms with van der Waals surface area (Å²) in [6.45, 7) is 0.389. The molecule has 1 aromatic rings. The molecule has 1 aliphatic heterocycles. The van der Waals surface area contributed by atoms with Gasteiger partial charge in [0.15, 0.2) is 0 Å². The van der Waals surface area contributed by atoms with E-state index >= 15 is 0 Å². The Morgan fingerprint density at radius 2 is 2.24 bits per heavy atom. The topological polar surface area (TPSA) is 75.7 Å². The largest absolute Gasteiger partial charge is 0.468 e. The Bertz CT molecular complexity index is 515. The van der Waals surface area contributed by atoms with Crippen molar-refractivity contribution >= 4 is 29.1 Å². The zero-order valence-corrected chi connectivity index (χ0v) is 12.6. The van der Waals surface area contributed by atoms with Crippen molar-refractivity contribution in [3.8, 4) is 0 Å². The number of thiophene rings is 1. The van der Waals surface area contributed by atoms with Gasteiger partial charge in [-0.1, -0.05) is 6.07 Å². The number of carbonyl (C=O) groups excluding carboxylic acids is 3. The lowest BCUT2D eigenvalue weighted by atomic mass is 10.0. The number of piperidine rings is 1. The molecule has 2 rings (SSSR count). The van der Waals surface area contributed by atoms with Gasteiger partial charge in [-0.2, -0.15) is 0 Å². The van der Waals surface area contributed by atoms with Gasteiger partial charge in [0.25, 0.3) is 5.91 Å². The average molecular weight is 310 g/mol. The summed E-state index contributed by atoms with van der Waals surface area (Å²) in [5.41, 5.74) is 0. The number of amides is 2. The van der Waals surface area contributed by atoms with E-state index < -0.39 is 12.0 Å². The van der Waals surface area contributed by atoms with Gasteiger partial charge in [-0.05, 0) is 30.7 Å². The third kappa shape index (κ3) is 3.81. The normalized spacial score (nSPS) is 18.1. The fraction of sp³-hybridized carbons (Fsp3) is 0.500. The number of likely N-dealkylation sites (tertiary alicyclic amines) is 1. The summed E-state index contributed by atoms with van der Waals surface area (Å²) in [6.07, 6.45) is 2.40. The van der Waals surface area contributed by atoms with Crippen molar-refractivity contribution in [3.63, 3.8) is 0 Å². The SMILES string of the molecule is COC(=O)CNC(=O)C1CCCCN1C(=O)c1cccs1. The van der Waals surface area contributed by atoms with Crippen molar-refractivity contribution in [1.82, 2.24) is 10.2 Å². The molecule has 0 spiro atoms. The first kappa shape index (κ1) is 15.5. The van der Waals surface area contributed by atoms with Gasteiger partial charge >= 0.3 is 5.97 Å². The van der Waals surface area contributed by atoms with E-state index in [1.807, 2.05) is 11.4 Å². The molecule has 1 aliphatic rings. The minimum Gasteiger partial charge on any atom is -0.468 e. The second-order valence-corrected chi connectivity index (χ2v) is 5.73. The lowest BCUT2D eigenvalue weighted by molar-refractivity contribution is -0.141. The standard InChI is InChI=1S/C14H18N2O4S/c1-20-12(17)9-15-13(18)10-5-2-3-7-16(10)14(19)11-6-4-8-21-11/h4,6,8,10H,2-3,5,7,9H2,1H3,(H,15,18). The Hall–Kier alpha value is -1.89. The number of nitrogens with zero attached hydrogens (tertiary/aromatic N) is 1. The fourth-order valence-electron chi connectivity index (χ4n) is 2.34. The molecule has 114 valence electrons. The number of hydrogen-bond acceptors (Lipinski definition) is 5. The van der Waals surface area contributed by atoms with Crippen molar-refractivity contribution in [2.24, 2.45) is 0 Å². The van der Waals surface area contributed by atoms with Crippen LogP contribution in [-0.4, -0.2) is 48.9 Å². The first-order valence-electron chi connectivity index (χ1n) is 6.82. The van der Waals surface area contributed by atoms with Crippen LogP contribution in [0.15, 0.2) is 17.5 Å². The molecule has 1 unspecified atom stereocenters. The molecule has 0 radical (unpaired) electrons. The smallest absolute Gasteiger partial charge is 0.325 e. The van der Waals surface area contributed by atoms with Crippen LogP contribution in [0.25, 0.3) is 0 Å². The highest BCUT2D eigenvalue weighted by molar-refractivity contribution is 7.12. The Kier molecular flexibility index (Phi) is 5.32. The molecule has 21 heavy (non-hydrogen) atoms. The van der Waals surface area contributed by atoms with Crippen molar-refractivity contribution in [1.29, 1.82) is 0 Å². The highest BCUT2D eigenvalue weighted by atomic mass is 32.1. The van der Waals surface area contributed by atoms with Gasteiger partial charge in [-0.25, -0.2) is 0 Å². The zero-order chi connectivity index (χ0) is 15.2. The third-order valence-electron chi connectivity index (χ3n) is 3.43. The van der Waals surface area contributed by atoms with Crippen LogP contribution in [0.1, 0.15) is 28.9 Å². The van der Waals surface area contributed by atoms with Crippen molar-refractivity contribution in [3.05, 3.63) is 22.4 Å². The highest BCUT2D eigenvalue weighted by Crippen LogP contribution is 2.21. The van der Waals surface area contributed by atoms with Gasteiger partial charge in [-0.15, -0.1) is 11.3 Å². The van der Waals surface area contributed by atoms with E-state index in [2.05, 4.69) is 10.1 Å². The van der Waals surface area contributed by atoms with Crippen LogP contribution in [-0.2, 0) is 14.3 Å². The maximum atomic E-state index is 12.4. The van der Waals surface area contributed by atoms with Crippen molar-refractivity contribution in [2.75, 3.05) is 20.2 Å². The lowest BCUT2D eigenvalue weighted by Crippen LogP contribution is -2.52. The van der Waals surface area contributed by atoms with E-state index in [-0.39, 0.29) is 18.4 Å². The van der Waals surface area contributed by atoms with E-state index in [4.69, 9.17) is 0 Å². The lowest BCUT2D eigenvalue weighted by Gasteiger charge is -2.34. The van der Waals surface area contributed by atoms with Crippen LogP contribution < -0.4 is 5.32 Å². The number of carbonyl (C=O) groups is 3. The van der Waals surface area contributed by atoms with E-state index in [1.165, 1.54) is 18.4 Å². The number of esters is 1. The van der Waals surface area contributed by atoms with Gasteiger partial charge in [0.2, 0.25) is 5.91 Å². The third-order valence-corrected chi connectivity index (χ3v) is 4.29. The fourth-order valence-corrected chi connectivity index (χ4v) is 3.02. The van der Waals surface area contributed by atoms with Crippen LogP contribution >= 0.6 is 11.3 Å². The second kappa shape index (κ2) is 7.21. The Morgan fingerprint density at radius 3 is 2.90 bits per heavy atom. The van der Waals surface area contributed by atoms with Gasteiger partial charge in [0.1, 0.15) is 12.6 Å². The number of nitrogens with one attached hydrogen (secondary N) is 1. The summed E-state index contributed by atoms with van der Waals surface area (Å²) in [5, 5.41) is 4.37. The van der Waals surface area contributed by atoms with Gasteiger partial charge in [-0.3, -0.25) is 14.4 Å². The summed E-state index contributed by atoms with van der Waals surface area (Å²) < 4.78 is 4.49. The van der Waals surface area contributed by atoms with E-state index in [9.17, 15) is 14.4 Å². The van der Waals surface area contributed by atoms with Crippen LogP contribution in [0, 0.1) is 0 Å². The summed E-state index contributed by atoms with van der Waals surface area (Å²) in [4.78, 5) is 37.9. The molecule has 1 atom stereocenters. The molecule has 6 nitrogen and oxygen atoms in total. The molecule has 1 fully saturated rings. The molecular formula is C14H18N2O4S. The second-order valence-electron chi connectivity index (χ2n) is 4.78. The molecule has 2 heterocycles. The Morgan fingerprint density at radius 1 is 1.43 bits per heavy atom. The molecular weight excluding hydrogens is 292 g/mol. The number of methoxy groups -OCH3 is 1. The van der Waals surface area contributed by atoms with Gasteiger partial charge in [0.05, 0.1) is 12.0 Å². The summed E-state index contributed by atoms with van der Waals surface area (Å²) in [7, 11) is 1.27. The highest BCUT2D eigenvalue weighted by Gasteiger charge is 2.33. The minimum atomic E-state index is -0.516. The molecule has 1 saturated heterocycles. The molecule has 0 aromatic carbocycles. The Balaban J connectivity index is 2.03. The maximum absolute atomic E-state index is 12.4. The molecule has 0 bridgehead atoms. The molecule has 0 saturated carbocycles. The van der Waals surface area contributed by atoms with Crippen molar-refractivity contribution in [2.45, 2.75) is 25.3 Å². The number of hydrogen-bond donors (Lipinski definition) is 1. The molecule has 1 N–H and O–H groups in total. The van der Waals surface area contributed by atoms with E-state index in [0.717, 1.165) is 12.8 Å². The van der Waals surface area contributed by atoms with Crippen molar-refractivity contribution < 1.29 is 19.1 Å². The molecule has 2 amide bonds. The van der Waals surface area contributed by atoms with Crippen LogP contribution in [0.2, 0.25) is 0 Å². The predicted molar refractivity (Wildman–Crippen MR) is 78.0 cm³/mol. The first-order valence-corrected chi connectivity index (χ1v) is 7.70. The van der Waals surface area contributed by atoms with E-state index in [1.54, 1.807) is 11.0 Å². The minimum absolute atomic E-state index is 0.122. The van der Waals surface area contributed by atoms with Crippen LogP contribution in [0.3, 0.4) is 0 Å². The van der Waals surface area contributed by atoms with Crippen LogP contribution in [0.5, 0.6) is 0 Å². The Labute approximate surface area is 127 Å². The molecule has 7 heteroatoms. The van der Waals surface area contributed by atoms with Gasteiger partial charge < -0.3 is 15.0 Å². The summed E-state index contributed by atoms with van der Waals surface area (Å²) in [5.74, 6) is -0.928. The monoisotopic (exact) mass is 310 g/mol.